The predicted molar refractivity (Wildman–Crippen MR) is 68.5 cm³/mol. The number of aromatic nitrogens is 1. The number of pyridine rings is 1. The highest BCUT2D eigenvalue weighted by Crippen LogP contribution is 2.20. The minimum Gasteiger partial charge on any atom is -0.384 e. The summed E-state index contributed by atoms with van der Waals surface area (Å²) in [4.78, 5) is 6.56. The van der Waals surface area contributed by atoms with Crippen molar-refractivity contribution < 1.29 is 4.74 Å². The molecule has 4 heteroatoms. The molecule has 1 aromatic rings. The zero-order valence-corrected chi connectivity index (χ0v) is 10.4. The number of anilines is 1. The predicted octanol–water partition coefficient (Wildman–Crippen LogP) is 1.52. The van der Waals surface area contributed by atoms with Gasteiger partial charge in [0.05, 0.1) is 0 Å². The molecule has 2 heterocycles. The standard InChI is InChI=1S/C13H21N3O/c1-17-10-11-4-7-16(8-5-11)9-12-3-2-6-15-13(12)14/h2-3,6,11H,4-5,7-10H2,1H3,(H2,14,15). The second-order valence-corrected chi connectivity index (χ2v) is 4.72. The van der Waals surface area contributed by atoms with Crippen LogP contribution < -0.4 is 5.73 Å². The topological polar surface area (TPSA) is 51.4 Å². The van der Waals surface area contributed by atoms with E-state index in [1.54, 1.807) is 13.3 Å². The second-order valence-electron chi connectivity index (χ2n) is 4.72. The Hall–Kier alpha value is -1.13. The third kappa shape index (κ3) is 3.41. The Labute approximate surface area is 103 Å². The van der Waals surface area contributed by atoms with Crippen molar-refractivity contribution in [2.24, 2.45) is 5.92 Å². The van der Waals surface area contributed by atoms with Crippen LogP contribution in [0.3, 0.4) is 0 Å². The van der Waals surface area contributed by atoms with Gasteiger partial charge in [-0.15, -0.1) is 0 Å². The van der Waals surface area contributed by atoms with Gasteiger partial charge in [-0.3, -0.25) is 4.90 Å². The first-order valence-electron chi connectivity index (χ1n) is 6.20. The largest absolute Gasteiger partial charge is 0.384 e. The van der Waals surface area contributed by atoms with Crippen molar-refractivity contribution in [1.82, 2.24) is 9.88 Å². The number of hydrogen-bond donors (Lipinski definition) is 1. The van der Waals surface area contributed by atoms with E-state index in [4.69, 9.17) is 10.5 Å². The number of likely N-dealkylation sites (tertiary alicyclic amines) is 1. The number of rotatable bonds is 4. The molecule has 1 aliphatic heterocycles. The van der Waals surface area contributed by atoms with E-state index in [9.17, 15) is 0 Å². The van der Waals surface area contributed by atoms with E-state index in [1.807, 2.05) is 6.07 Å². The number of ether oxygens (including phenoxy) is 1. The third-order valence-corrected chi connectivity index (χ3v) is 3.43. The molecular formula is C13H21N3O. The van der Waals surface area contributed by atoms with Crippen molar-refractivity contribution in [2.45, 2.75) is 19.4 Å². The number of nitrogens with zero attached hydrogens (tertiary/aromatic N) is 2. The second kappa shape index (κ2) is 5.98. The molecule has 1 saturated heterocycles. The maximum Gasteiger partial charge on any atom is 0.127 e. The molecule has 0 aromatic carbocycles. The fraction of sp³-hybridized carbons (Fsp3) is 0.615. The van der Waals surface area contributed by atoms with Crippen molar-refractivity contribution in [3.63, 3.8) is 0 Å². The van der Waals surface area contributed by atoms with Gasteiger partial charge in [0.1, 0.15) is 5.82 Å². The molecule has 1 aromatic heterocycles. The van der Waals surface area contributed by atoms with E-state index >= 15 is 0 Å². The normalized spacial score (nSPS) is 18.4. The highest BCUT2D eigenvalue weighted by Gasteiger charge is 2.19. The molecule has 0 saturated carbocycles. The van der Waals surface area contributed by atoms with Gasteiger partial charge in [-0.2, -0.15) is 0 Å². The van der Waals surface area contributed by atoms with Crippen molar-refractivity contribution >= 4 is 5.82 Å². The quantitative estimate of drug-likeness (QED) is 0.859. The first-order chi connectivity index (χ1) is 8.29. The van der Waals surface area contributed by atoms with Gasteiger partial charge in [0.15, 0.2) is 0 Å². The van der Waals surface area contributed by atoms with Gasteiger partial charge in [-0.25, -0.2) is 4.98 Å². The van der Waals surface area contributed by atoms with Crippen LogP contribution in [-0.4, -0.2) is 36.7 Å². The number of nitrogen functional groups attached to an aromatic ring is 1. The summed E-state index contributed by atoms with van der Waals surface area (Å²) < 4.78 is 5.21. The zero-order chi connectivity index (χ0) is 12.1. The average Bonchev–Trinajstić information content (AvgIpc) is 2.35. The first kappa shape index (κ1) is 12.3. The Morgan fingerprint density at radius 1 is 1.47 bits per heavy atom. The van der Waals surface area contributed by atoms with Crippen LogP contribution in [0.25, 0.3) is 0 Å². The maximum absolute atomic E-state index is 5.85. The van der Waals surface area contributed by atoms with E-state index in [1.165, 1.54) is 12.8 Å². The van der Waals surface area contributed by atoms with Gasteiger partial charge in [-0.05, 0) is 37.9 Å². The molecule has 2 rings (SSSR count). The fourth-order valence-electron chi connectivity index (χ4n) is 2.37. The highest BCUT2D eigenvalue weighted by molar-refractivity contribution is 5.38. The molecule has 4 nitrogen and oxygen atoms in total. The fourth-order valence-corrected chi connectivity index (χ4v) is 2.37. The maximum atomic E-state index is 5.85. The van der Waals surface area contributed by atoms with E-state index < -0.39 is 0 Å². The van der Waals surface area contributed by atoms with E-state index in [0.717, 1.165) is 37.7 Å². The summed E-state index contributed by atoms with van der Waals surface area (Å²) in [6, 6.07) is 4.01. The van der Waals surface area contributed by atoms with Crippen LogP contribution in [0.2, 0.25) is 0 Å². The lowest BCUT2D eigenvalue weighted by molar-refractivity contribution is 0.0969. The minimum atomic E-state index is 0.659. The van der Waals surface area contributed by atoms with Crippen molar-refractivity contribution in [1.29, 1.82) is 0 Å². The van der Waals surface area contributed by atoms with Crippen LogP contribution in [0.5, 0.6) is 0 Å². The van der Waals surface area contributed by atoms with Crippen molar-refractivity contribution in [3.05, 3.63) is 23.9 Å². The van der Waals surface area contributed by atoms with E-state index in [2.05, 4.69) is 16.0 Å². The molecule has 2 N–H and O–H groups in total. The zero-order valence-electron chi connectivity index (χ0n) is 10.4. The summed E-state index contributed by atoms with van der Waals surface area (Å²) in [7, 11) is 1.78. The number of nitrogens with two attached hydrogens (primary N) is 1. The summed E-state index contributed by atoms with van der Waals surface area (Å²) in [6.07, 6.45) is 4.17. The molecule has 0 bridgehead atoms. The molecule has 0 unspecified atom stereocenters. The Morgan fingerprint density at radius 2 is 2.24 bits per heavy atom. The van der Waals surface area contributed by atoms with Gasteiger partial charge in [0, 0.05) is 32.0 Å². The average molecular weight is 235 g/mol. The summed E-state index contributed by atoms with van der Waals surface area (Å²) in [5.41, 5.74) is 6.99. The monoisotopic (exact) mass is 235 g/mol. The van der Waals surface area contributed by atoms with Crippen LogP contribution in [-0.2, 0) is 11.3 Å². The van der Waals surface area contributed by atoms with Crippen LogP contribution in [0.1, 0.15) is 18.4 Å². The summed E-state index contributed by atoms with van der Waals surface area (Å²) >= 11 is 0. The van der Waals surface area contributed by atoms with Gasteiger partial charge in [-0.1, -0.05) is 6.07 Å². The summed E-state index contributed by atoms with van der Waals surface area (Å²) in [5, 5.41) is 0. The number of hydrogen-bond acceptors (Lipinski definition) is 4. The smallest absolute Gasteiger partial charge is 0.127 e. The van der Waals surface area contributed by atoms with E-state index in [-0.39, 0.29) is 0 Å². The third-order valence-electron chi connectivity index (χ3n) is 3.43. The highest BCUT2D eigenvalue weighted by atomic mass is 16.5. The van der Waals surface area contributed by atoms with Crippen LogP contribution in [0, 0.1) is 5.92 Å². The van der Waals surface area contributed by atoms with Crippen molar-refractivity contribution in [2.75, 3.05) is 32.5 Å². The Bertz CT molecular complexity index is 348. The van der Waals surface area contributed by atoms with E-state index in [0.29, 0.717) is 5.82 Å². The SMILES string of the molecule is COCC1CCN(Cc2cccnc2N)CC1. The van der Waals surface area contributed by atoms with Crippen LogP contribution in [0.4, 0.5) is 5.82 Å². The number of methoxy groups -OCH3 is 1. The molecular weight excluding hydrogens is 214 g/mol. The van der Waals surface area contributed by atoms with Crippen molar-refractivity contribution in [3.8, 4) is 0 Å². The van der Waals surface area contributed by atoms with Gasteiger partial charge in [0.25, 0.3) is 0 Å². The van der Waals surface area contributed by atoms with Gasteiger partial charge in [0.2, 0.25) is 0 Å². The molecule has 0 radical (unpaired) electrons. The first-order valence-corrected chi connectivity index (χ1v) is 6.20. The molecule has 0 aliphatic carbocycles. The molecule has 1 aliphatic rings. The lowest BCUT2D eigenvalue weighted by Gasteiger charge is -2.31. The Kier molecular flexibility index (Phi) is 4.34. The number of piperidine rings is 1. The molecule has 1 fully saturated rings. The Balaban J connectivity index is 1.84. The minimum absolute atomic E-state index is 0.659. The van der Waals surface area contributed by atoms with Crippen LogP contribution in [0.15, 0.2) is 18.3 Å². The molecule has 0 spiro atoms. The Morgan fingerprint density at radius 3 is 2.88 bits per heavy atom. The van der Waals surface area contributed by atoms with Gasteiger partial charge < -0.3 is 10.5 Å². The molecule has 0 amide bonds. The molecule has 0 atom stereocenters. The molecule has 94 valence electrons. The lowest BCUT2D eigenvalue weighted by atomic mass is 9.97. The van der Waals surface area contributed by atoms with Crippen LogP contribution >= 0.6 is 0 Å². The van der Waals surface area contributed by atoms with Gasteiger partial charge >= 0.3 is 0 Å². The lowest BCUT2D eigenvalue weighted by Crippen LogP contribution is -2.34. The summed E-state index contributed by atoms with van der Waals surface area (Å²) in [5.74, 6) is 1.38. The summed E-state index contributed by atoms with van der Waals surface area (Å²) in [6.45, 7) is 4.06. The molecule has 17 heavy (non-hydrogen) atoms.